The fourth-order valence-corrected chi connectivity index (χ4v) is 3.61. The van der Waals surface area contributed by atoms with Crippen molar-refractivity contribution in [2.24, 2.45) is 0 Å². The highest BCUT2D eigenvalue weighted by atomic mass is 32.2. The first-order valence-electron chi connectivity index (χ1n) is 5.83. The van der Waals surface area contributed by atoms with Crippen molar-refractivity contribution < 1.29 is 0 Å². The molecule has 2 heterocycles. The molecule has 0 saturated carbocycles. The lowest BCUT2D eigenvalue weighted by molar-refractivity contribution is 0.597. The van der Waals surface area contributed by atoms with Gasteiger partial charge in [0, 0.05) is 18.0 Å². The van der Waals surface area contributed by atoms with E-state index in [-0.39, 0.29) is 0 Å². The standard InChI is InChI=1S/C11H16N4S3/c1-4-17-6-9-12-5-8(18-9)10-13-14-11(16)15(10)7(2)3/h5,7H,4,6H2,1-3H3,(H,14,16). The summed E-state index contributed by atoms with van der Waals surface area (Å²) in [5, 5.41) is 8.31. The zero-order valence-corrected chi connectivity index (χ0v) is 13.1. The number of nitrogens with one attached hydrogen (secondary N) is 1. The van der Waals surface area contributed by atoms with Crippen LogP contribution in [0, 0.1) is 4.77 Å². The van der Waals surface area contributed by atoms with E-state index in [4.69, 9.17) is 12.2 Å². The highest BCUT2D eigenvalue weighted by molar-refractivity contribution is 7.98. The minimum Gasteiger partial charge on any atom is -0.297 e. The molecule has 0 fully saturated rings. The van der Waals surface area contributed by atoms with Gasteiger partial charge in [-0.3, -0.25) is 9.67 Å². The summed E-state index contributed by atoms with van der Waals surface area (Å²) in [7, 11) is 0. The summed E-state index contributed by atoms with van der Waals surface area (Å²) in [6.45, 7) is 6.36. The van der Waals surface area contributed by atoms with E-state index >= 15 is 0 Å². The Labute approximate surface area is 120 Å². The third kappa shape index (κ3) is 2.84. The number of hydrogen-bond acceptors (Lipinski definition) is 5. The molecular weight excluding hydrogens is 284 g/mol. The Morgan fingerprint density at radius 3 is 3.00 bits per heavy atom. The molecule has 0 atom stereocenters. The van der Waals surface area contributed by atoms with Gasteiger partial charge in [-0.1, -0.05) is 6.92 Å². The molecule has 0 amide bonds. The molecule has 7 heteroatoms. The quantitative estimate of drug-likeness (QED) is 0.851. The number of H-pyrrole nitrogens is 1. The second-order valence-electron chi connectivity index (χ2n) is 4.07. The smallest absolute Gasteiger partial charge is 0.195 e. The van der Waals surface area contributed by atoms with Gasteiger partial charge in [0.15, 0.2) is 10.6 Å². The number of nitrogens with zero attached hydrogens (tertiary/aromatic N) is 3. The van der Waals surface area contributed by atoms with Crippen molar-refractivity contribution >= 4 is 35.3 Å². The first-order chi connectivity index (χ1) is 8.63. The van der Waals surface area contributed by atoms with Gasteiger partial charge in [0.05, 0.1) is 4.88 Å². The maximum Gasteiger partial charge on any atom is 0.195 e. The SMILES string of the molecule is CCSCc1ncc(-c2n[nH]c(=S)n2C(C)C)s1. The summed E-state index contributed by atoms with van der Waals surface area (Å²) in [6, 6.07) is 0.293. The van der Waals surface area contributed by atoms with E-state index in [1.165, 1.54) is 0 Å². The summed E-state index contributed by atoms with van der Waals surface area (Å²) in [6.07, 6.45) is 1.89. The third-order valence-electron chi connectivity index (χ3n) is 2.42. The number of thioether (sulfide) groups is 1. The van der Waals surface area contributed by atoms with Crippen molar-refractivity contribution in [2.45, 2.75) is 32.6 Å². The van der Waals surface area contributed by atoms with Crippen molar-refractivity contribution in [3.63, 3.8) is 0 Å². The second-order valence-corrected chi connectivity index (χ2v) is 6.85. The summed E-state index contributed by atoms with van der Waals surface area (Å²) in [4.78, 5) is 5.51. The molecule has 0 aliphatic carbocycles. The summed E-state index contributed by atoms with van der Waals surface area (Å²) >= 11 is 8.82. The molecule has 98 valence electrons. The first kappa shape index (κ1) is 13.8. The van der Waals surface area contributed by atoms with Crippen LogP contribution in [0.1, 0.15) is 31.8 Å². The van der Waals surface area contributed by atoms with Crippen LogP contribution in [0.3, 0.4) is 0 Å². The Morgan fingerprint density at radius 1 is 1.56 bits per heavy atom. The number of thiazole rings is 1. The van der Waals surface area contributed by atoms with E-state index in [0.717, 1.165) is 27.2 Å². The Hall–Kier alpha value is -0.660. The molecule has 2 aromatic heterocycles. The van der Waals surface area contributed by atoms with Crippen molar-refractivity contribution in [3.05, 3.63) is 16.0 Å². The van der Waals surface area contributed by atoms with Crippen LogP contribution in [0.2, 0.25) is 0 Å². The molecule has 2 aromatic rings. The van der Waals surface area contributed by atoms with Crippen molar-refractivity contribution in [1.82, 2.24) is 19.7 Å². The Kier molecular flexibility index (Phi) is 4.58. The molecule has 4 nitrogen and oxygen atoms in total. The highest BCUT2D eigenvalue weighted by Gasteiger charge is 2.14. The summed E-state index contributed by atoms with van der Waals surface area (Å²) in [5.74, 6) is 2.97. The maximum absolute atomic E-state index is 5.25. The van der Waals surface area contributed by atoms with Gasteiger partial charge in [-0.25, -0.2) is 4.98 Å². The van der Waals surface area contributed by atoms with E-state index in [1.54, 1.807) is 11.3 Å². The van der Waals surface area contributed by atoms with Crippen LogP contribution in [0.15, 0.2) is 6.20 Å². The van der Waals surface area contributed by atoms with Crippen LogP contribution >= 0.6 is 35.3 Å². The van der Waals surface area contributed by atoms with Crippen molar-refractivity contribution in [3.8, 4) is 10.7 Å². The van der Waals surface area contributed by atoms with Gasteiger partial charge in [-0.2, -0.15) is 16.9 Å². The molecule has 0 aromatic carbocycles. The monoisotopic (exact) mass is 300 g/mol. The zero-order chi connectivity index (χ0) is 13.1. The molecule has 0 aliphatic rings. The summed E-state index contributed by atoms with van der Waals surface area (Å²) in [5.41, 5.74) is 0. The number of hydrogen-bond donors (Lipinski definition) is 1. The van der Waals surface area contributed by atoms with Gasteiger partial charge in [0.1, 0.15) is 5.01 Å². The number of rotatable bonds is 5. The second kappa shape index (κ2) is 5.99. The molecule has 1 N–H and O–H groups in total. The van der Waals surface area contributed by atoms with Crippen LogP contribution in [-0.2, 0) is 5.75 Å². The van der Waals surface area contributed by atoms with Gasteiger partial charge in [-0.15, -0.1) is 11.3 Å². The number of aromatic nitrogens is 4. The van der Waals surface area contributed by atoms with Gasteiger partial charge in [-0.05, 0) is 31.8 Å². The van der Waals surface area contributed by atoms with E-state index < -0.39 is 0 Å². The lowest BCUT2D eigenvalue weighted by Gasteiger charge is -2.08. The predicted octanol–water partition coefficient (Wildman–Crippen LogP) is 3.90. The highest BCUT2D eigenvalue weighted by Crippen LogP contribution is 2.28. The van der Waals surface area contributed by atoms with Crippen LogP contribution in [0.5, 0.6) is 0 Å². The van der Waals surface area contributed by atoms with E-state index in [9.17, 15) is 0 Å². The topological polar surface area (TPSA) is 46.5 Å². The van der Waals surface area contributed by atoms with E-state index in [2.05, 4.69) is 36.0 Å². The Bertz CT molecular complexity index is 567. The van der Waals surface area contributed by atoms with Crippen LogP contribution < -0.4 is 0 Å². The molecule has 0 saturated heterocycles. The molecule has 0 aliphatic heterocycles. The minimum atomic E-state index is 0.293. The lowest BCUT2D eigenvalue weighted by Crippen LogP contribution is -2.02. The Balaban J connectivity index is 2.31. The first-order valence-corrected chi connectivity index (χ1v) is 8.21. The largest absolute Gasteiger partial charge is 0.297 e. The predicted molar refractivity (Wildman–Crippen MR) is 80.7 cm³/mol. The van der Waals surface area contributed by atoms with Gasteiger partial charge >= 0.3 is 0 Å². The van der Waals surface area contributed by atoms with Crippen molar-refractivity contribution in [2.75, 3.05) is 5.75 Å². The molecule has 0 unspecified atom stereocenters. The van der Waals surface area contributed by atoms with E-state index in [0.29, 0.717) is 10.8 Å². The van der Waals surface area contributed by atoms with E-state index in [1.807, 2.05) is 22.5 Å². The fraction of sp³-hybridized carbons (Fsp3) is 0.545. The van der Waals surface area contributed by atoms with Crippen molar-refractivity contribution in [1.29, 1.82) is 0 Å². The number of aromatic amines is 1. The normalized spacial score (nSPS) is 11.3. The molecule has 0 radical (unpaired) electrons. The van der Waals surface area contributed by atoms with Crippen LogP contribution in [0.25, 0.3) is 10.7 Å². The third-order valence-corrected chi connectivity index (χ3v) is 4.77. The average molecular weight is 300 g/mol. The molecular formula is C11H16N4S3. The van der Waals surface area contributed by atoms with Gasteiger partial charge < -0.3 is 0 Å². The average Bonchev–Trinajstić information content (AvgIpc) is 2.92. The molecule has 0 spiro atoms. The lowest BCUT2D eigenvalue weighted by atomic mass is 10.3. The minimum absolute atomic E-state index is 0.293. The maximum atomic E-state index is 5.25. The van der Waals surface area contributed by atoms with Gasteiger partial charge in [0.2, 0.25) is 0 Å². The fourth-order valence-electron chi connectivity index (χ4n) is 1.63. The molecule has 18 heavy (non-hydrogen) atoms. The molecule has 2 rings (SSSR count). The molecule has 0 bridgehead atoms. The zero-order valence-electron chi connectivity index (χ0n) is 10.6. The van der Waals surface area contributed by atoms with Crippen LogP contribution in [0.4, 0.5) is 0 Å². The summed E-state index contributed by atoms with van der Waals surface area (Å²) < 4.78 is 2.69. The van der Waals surface area contributed by atoms with Gasteiger partial charge in [0.25, 0.3) is 0 Å². The Morgan fingerprint density at radius 2 is 2.33 bits per heavy atom. The van der Waals surface area contributed by atoms with Crippen LogP contribution in [-0.4, -0.2) is 25.5 Å².